The predicted molar refractivity (Wildman–Crippen MR) is 98.4 cm³/mol. The van der Waals surface area contributed by atoms with Crippen LogP contribution in [0.1, 0.15) is 0 Å². The molecule has 0 aliphatic rings. The molecule has 0 saturated carbocycles. The van der Waals surface area contributed by atoms with Crippen molar-refractivity contribution in [2.45, 2.75) is 4.90 Å². The highest BCUT2D eigenvalue weighted by Crippen LogP contribution is 2.23. The van der Waals surface area contributed by atoms with Crippen LogP contribution in [-0.4, -0.2) is 34.6 Å². The average molecular weight is 376 g/mol. The number of anilines is 1. The minimum absolute atomic E-state index is 0.000110. The van der Waals surface area contributed by atoms with E-state index in [2.05, 4.69) is 10.6 Å². The van der Waals surface area contributed by atoms with Gasteiger partial charge in [-0.1, -0.05) is 12.1 Å². The first-order valence-electron chi connectivity index (χ1n) is 7.58. The molecular formula is C16H16N4O5S. The molecular weight excluding hydrogens is 360 g/mol. The Balaban J connectivity index is 1.71. The average Bonchev–Trinajstić information content (AvgIpc) is 2.64. The number of carbonyl (C=O) groups is 1. The largest absolute Gasteiger partial charge is 0.378 e. The van der Waals surface area contributed by atoms with E-state index in [9.17, 15) is 25.0 Å². The number of hydrogen-bond acceptors (Lipinski definition) is 7. The number of amides is 1. The van der Waals surface area contributed by atoms with Gasteiger partial charge >= 0.3 is 0 Å². The lowest BCUT2D eigenvalue weighted by Crippen LogP contribution is -2.30. The van der Waals surface area contributed by atoms with Crippen LogP contribution < -0.4 is 10.6 Å². The predicted octanol–water partition coefficient (Wildman–Crippen LogP) is 2.82. The lowest BCUT2D eigenvalue weighted by Gasteiger charge is -2.08. The quantitative estimate of drug-likeness (QED) is 0.298. The molecule has 0 heterocycles. The molecule has 2 aromatic rings. The Bertz CT molecular complexity index is 797. The Morgan fingerprint density at radius 1 is 0.962 bits per heavy atom. The van der Waals surface area contributed by atoms with Gasteiger partial charge < -0.3 is 10.6 Å². The Kier molecular flexibility index (Phi) is 6.92. The monoisotopic (exact) mass is 376 g/mol. The maximum Gasteiger partial charge on any atom is 0.292 e. The zero-order valence-corrected chi connectivity index (χ0v) is 14.4. The Morgan fingerprint density at radius 3 is 2.31 bits per heavy atom. The van der Waals surface area contributed by atoms with E-state index >= 15 is 0 Å². The molecule has 1 amide bonds. The van der Waals surface area contributed by atoms with Crippen LogP contribution in [0, 0.1) is 20.2 Å². The van der Waals surface area contributed by atoms with Crippen molar-refractivity contribution in [3.63, 3.8) is 0 Å². The molecule has 10 heteroatoms. The number of non-ortho nitro benzene ring substituents is 1. The maximum atomic E-state index is 11.8. The Labute approximate surface area is 153 Å². The molecule has 0 fully saturated rings. The molecule has 0 aliphatic heterocycles. The molecule has 0 radical (unpaired) electrons. The minimum atomic E-state index is -0.481. The number of nitrogens with zero attached hydrogens (tertiary/aromatic N) is 2. The summed E-state index contributed by atoms with van der Waals surface area (Å²) in [5, 5.41) is 27.1. The van der Waals surface area contributed by atoms with Crippen molar-refractivity contribution in [3.8, 4) is 0 Å². The van der Waals surface area contributed by atoms with Gasteiger partial charge in [0.2, 0.25) is 5.91 Å². The van der Waals surface area contributed by atoms with Crippen molar-refractivity contribution in [3.05, 3.63) is 68.8 Å². The standard InChI is InChI=1S/C16H16N4O5S/c21-16(11-26-13-7-5-12(6-8-13)19(22)23)18-10-9-17-14-3-1-2-4-15(14)20(24)25/h1-8,17H,9-11H2,(H,18,21). The van der Waals surface area contributed by atoms with E-state index < -0.39 is 9.85 Å². The molecule has 0 saturated heterocycles. The number of thioether (sulfide) groups is 1. The first-order valence-corrected chi connectivity index (χ1v) is 8.57. The van der Waals surface area contributed by atoms with Gasteiger partial charge in [0.25, 0.3) is 11.4 Å². The maximum absolute atomic E-state index is 11.8. The Morgan fingerprint density at radius 2 is 1.65 bits per heavy atom. The highest BCUT2D eigenvalue weighted by Gasteiger charge is 2.11. The van der Waals surface area contributed by atoms with Crippen molar-refractivity contribution in [2.24, 2.45) is 0 Å². The van der Waals surface area contributed by atoms with Gasteiger partial charge in [0.05, 0.1) is 15.6 Å². The lowest BCUT2D eigenvalue weighted by molar-refractivity contribution is -0.384. The number of nitro benzene ring substituents is 2. The summed E-state index contributed by atoms with van der Waals surface area (Å²) in [6.07, 6.45) is 0. The van der Waals surface area contributed by atoms with E-state index in [1.54, 1.807) is 30.3 Å². The topological polar surface area (TPSA) is 127 Å². The third kappa shape index (κ3) is 5.74. The van der Waals surface area contributed by atoms with Crippen LogP contribution in [0.25, 0.3) is 0 Å². The van der Waals surface area contributed by atoms with E-state index in [4.69, 9.17) is 0 Å². The smallest absolute Gasteiger partial charge is 0.292 e. The third-order valence-electron chi connectivity index (χ3n) is 3.28. The van der Waals surface area contributed by atoms with E-state index in [0.29, 0.717) is 18.8 Å². The highest BCUT2D eigenvalue weighted by atomic mass is 32.2. The van der Waals surface area contributed by atoms with Crippen molar-refractivity contribution in [2.75, 3.05) is 24.2 Å². The zero-order chi connectivity index (χ0) is 18.9. The molecule has 0 aromatic heterocycles. The van der Waals surface area contributed by atoms with Gasteiger partial charge in [0, 0.05) is 36.2 Å². The van der Waals surface area contributed by atoms with Crippen LogP contribution in [0.15, 0.2) is 53.4 Å². The van der Waals surface area contributed by atoms with Gasteiger partial charge in [0.15, 0.2) is 0 Å². The van der Waals surface area contributed by atoms with Crippen LogP contribution in [0.4, 0.5) is 17.1 Å². The first kappa shape index (κ1) is 19.2. The summed E-state index contributed by atoms with van der Waals surface area (Å²) >= 11 is 1.27. The number of carbonyl (C=O) groups excluding carboxylic acids is 1. The number of hydrogen-bond donors (Lipinski definition) is 2. The molecule has 2 N–H and O–H groups in total. The Hall–Kier alpha value is -3.14. The number of nitro groups is 2. The van der Waals surface area contributed by atoms with E-state index in [-0.39, 0.29) is 23.0 Å². The van der Waals surface area contributed by atoms with Crippen LogP contribution in [0.2, 0.25) is 0 Å². The summed E-state index contributed by atoms with van der Waals surface area (Å²) in [5.41, 5.74) is 0.374. The van der Waals surface area contributed by atoms with Crippen LogP contribution in [0.3, 0.4) is 0 Å². The van der Waals surface area contributed by atoms with Gasteiger partial charge in [0.1, 0.15) is 5.69 Å². The molecule has 2 rings (SSSR count). The van der Waals surface area contributed by atoms with Crippen LogP contribution >= 0.6 is 11.8 Å². The van der Waals surface area contributed by atoms with Crippen molar-refractivity contribution < 1.29 is 14.6 Å². The molecule has 0 aliphatic carbocycles. The van der Waals surface area contributed by atoms with Gasteiger partial charge in [-0.3, -0.25) is 25.0 Å². The summed E-state index contributed by atoms with van der Waals surface area (Å²) in [6.45, 7) is 0.657. The van der Waals surface area contributed by atoms with Crippen molar-refractivity contribution in [1.82, 2.24) is 5.32 Å². The van der Waals surface area contributed by atoms with Crippen molar-refractivity contribution in [1.29, 1.82) is 0 Å². The van der Waals surface area contributed by atoms with E-state index in [1.807, 2.05) is 0 Å². The summed E-state index contributed by atoms with van der Waals surface area (Å²) in [7, 11) is 0. The zero-order valence-electron chi connectivity index (χ0n) is 13.6. The van der Waals surface area contributed by atoms with Crippen molar-refractivity contribution >= 4 is 34.7 Å². The summed E-state index contributed by atoms with van der Waals surface area (Å²) in [5.74, 6) is -0.0266. The molecule has 136 valence electrons. The van der Waals surface area contributed by atoms with Gasteiger partial charge in [-0.15, -0.1) is 11.8 Å². The number of benzene rings is 2. The van der Waals surface area contributed by atoms with Gasteiger partial charge in [-0.05, 0) is 18.2 Å². The molecule has 0 unspecified atom stereocenters. The second-order valence-corrected chi connectivity index (χ2v) is 6.14. The SMILES string of the molecule is O=C(CSc1ccc([N+](=O)[O-])cc1)NCCNc1ccccc1[N+](=O)[O-]. The fourth-order valence-electron chi connectivity index (χ4n) is 2.05. The van der Waals surface area contributed by atoms with E-state index in [1.165, 1.54) is 30.0 Å². The molecule has 0 spiro atoms. The highest BCUT2D eigenvalue weighted by molar-refractivity contribution is 8.00. The molecule has 9 nitrogen and oxygen atoms in total. The van der Waals surface area contributed by atoms with E-state index in [0.717, 1.165) is 4.90 Å². The molecule has 0 bridgehead atoms. The normalized spacial score (nSPS) is 10.2. The second-order valence-electron chi connectivity index (χ2n) is 5.09. The number of nitrogens with one attached hydrogen (secondary N) is 2. The van der Waals surface area contributed by atoms with Gasteiger partial charge in [-0.2, -0.15) is 0 Å². The van der Waals surface area contributed by atoms with Crippen LogP contribution in [-0.2, 0) is 4.79 Å². The number of para-hydroxylation sites is 2. The first-order chi connectivity index (χ1) is 12.5. The third-order valence-corrected chi connectivity index (χ3v) is 4.29. The van der Waals surface area contributed by atoms with Gasteiger partial charge in [-0.25, -0.2) is 0 Å². The lowest BCUT2D eigenvalue weighted by atomic mass is 10.2. The summed E-state index contributed by atoms with van der Waals surface area (Å²) in [6, 6.07) is 12.2. The fourth-order valence-corrected chi connectivity index (χ4v) is 2.77. The number of rotatable bonds is 9. The molecule has 26 heavy (non-hydrogen) atoms. The molecule has 0 atom stereocenters. The minimum Gasteiger partial charge on any atom is -0.378 e. The second kappa shape index (κ2) is 9.37. The van der Waals surface area contributed by atoms with Crippen LogP contribution in [0.5, 0.6) is 0 Å². The summed E-state index contributed by atoms with van der Waals surface area (Å²) < 4.78 is 0. The fraction of sp³-hybridized carbons (Fsp3) is 0.188. The summed E-state index contributed by atoms with van der Waals surface area (Å²) in [4.78, 5) is 33.1. The molecule has 2 aromatic carbocycles.